The van der Waals surface area contributed by atoms with Crippen molar-refractivity contribution < 1.29 is 31.8 Å². The number of halogens is 5. The van der Waals surface area contributed by atoms with Crippen LogP contribution in [0.3, 0.4) is 0 Å². The van der Waals surface area contributed by atoms with Crippen molar-refractivity contribution >= 4 is 40.0 Å². The summed E-state index contributed by atoms with van der Waals surface area (Å²) < 4.78 is 77.5. The first kappa shape index (κ1) is 32.3. The summed E-state index contributed by atoms with van der Waals surface area (Å²) in [7, 11) is 0. The highest BCUT2D eigenvalue weighted by molar-refractivity contribution is 6.36. The van der Waals surface area contributed by atoms with Crippen LogP contribution in [0.15, 0.2) is 24.4 Å². The van der Waals surface area contributed by atoms with Gasteiger partial charge in [-0.15, -0.1) is 0 Å². The molecule has 0 spiro atoms. The van der Waals surface area contributed by atoms with E-state index >= 15 is 4.39 Å². The molecule has 1 aromatic carbocycles. The Kier molecular flexibility index (Phi) is 8.35. The number of alkyl halides is 3. The van der Waals surface area contributed by atoms with Gasteiger partial charge in [-0.05, 0) is 44.4 Å². The zero-order chi connectivity index (χ0) is 33.7. The molecule has 4 N–H and O–H groups in total. The Morgan fingerprint density at radius 1 is 1.19 bits per heavy atom. The summed E-state index contributed by atoms with van der Waals surface area (Å²) in [5, 5.41) is 9.51. The average molecular weight is 673 g/mol. The molecule has 47 heavy (non-hydrogen) atoms. The third kappa shape index (κ3) is 5.76. The molecule has 1 saturated heterocycles. The van der Waals surface area contributed by atoms with Gasteiger partial charge in [0.05, 0.1) is 51.3 Å². The van der Waals surface area contributed by atoms with E-state index in [2.05, 4.69) is 26.0 Å². The quantitative estimate of drug-likeness (QED) is 0.230. The first-order valence-electron chi connectivity index (χ1n) is 14.6. The van der Waals surface area contributed by atoms with E-state index < -0.39 is 50.8 Å². The molecule has 0 saturated carbocycles. The summed E-state index contributed by atoms with van der Waals surface area (Å²) in [4.78, 5) is 18.8. The Hall–Kier alpha value is -4.68. The van der Waals surface area contributed by atoms with Crippen molar-refractivity contribution in [3.05, 3.63) is 51.9 Å². The second kappa shape index (κ2) is 12.2. The number of anilines is 3. The van der Waals surface area contributed by atoms with Crippen LogP contribution >= 0.6 is 11.6 Å². The second-order valence-corrected chi connectivity index (χ2v) is 11.8. The van der Waals surface area contributed by atoms with Crippen LogP contribution < -0.4 is 25.8 Å². The Balaban J connectivity index is 1.61. The molecular formula is C31H29ClF4N8O3. The van der Waals surface area contributed by atoms with E-state index in [-0.39, 0.29) is 59.9 Å². The first-order valence-corrected chi connectivity index (χ1v) is 15.0. The number of ether oxygens (including phenoxy) is 3. The minimum Gasteiger partial charge on any atom is -0.489 e. The van der Waals surface area contributed by atoms with E-state index in [1.54, 1.807) is 23.2 Å². The largest absolute Gasteiger partial charge is 0.489 e. The molecule has 0 radical (unpaired) electrons. The highest BCUT2D eigenvalue weighted by Gasteiger charge is 2.40. The van der Waals surface area contributed by atoms with Gasteiger partial charge in [0.25, 0.3) is 0 Å². The Bertz CT molecular complexity index is 1910. The maximum atomic E-state index is 16.9. The molecule has 0 amide bonds. The maximum absolute atomic E-state index is 16.9. The van der Waals surface area contributed by atoms with Crippen LogP contribution in [0.2, 0.25) is 5.02 Å². The summed E-state index contributed by atoms with van der Waals surface area (Å²) >= 11 is 6.75. The first-order chi connectivity index (χ1) is 22.3. The van der Waals surface area contributed by atoms with Crippen LogP contribution in [-0.2, 0) is 10.9 Å². The molecule has 3 aromatic heterocycles. The minimum absolute atomic E-state index is 0.00524. The molecule has 1 atom stereocenters. The lowest BCUT2D eigenvalue weighted by atomic mass is 9.83. The molecule has 2 aliphatic heterocycles. The van der Waals surface area contributed by atoms with Gasteiger partial charge < -0.3 is 30.6 Å². The number of hydrogen-bond acceptors (Lipinski definition) is 11. The van der Waals surface area contributed by atoms with E-state index in [1.165, 1.54) is 6.92 Å². The van der Waals surface area contributed by atoms with Gasteiger partial charge in [0.2, 0.25) is 0 Å². The zero-order valence-electron chi connectivity index (χ0n) is 25.3. The van der Waals surface area contributed by atoms with Crippen LogP contribution in [0.4, 0.5) is 35.0 Å². The van der Waals surface area contributed by atoms with Crippen molar-refractivity contribution in [1.29, 1.82) is 5.26 Å². The molecule has 5 heterocycles. The lowest BCUT2D eigenvalue weighted by Crippen LogP contribution is -2.34. The van der Waals surface area contributed by atoms with Gasteiger partial charge in [0, 0.05) is 25.0 Å². The number of nitriles is 1. The highest BCUT2D eigenvalue weighted by atomic mass is 35.5. The van der Waals surface area contributed by atoms with Gasteiger partial charge in [-0.1, -0.05) is 17.7 Å². The maximum Gasteiger partial charge on any atom is 0.418 e. The van der Waals surface area contributed by atoms with E-state index in [0.717, 1.165) is 6.07 Å². The molecule has 4 aromatic rings. The number of aryl methyl sites for hydroxylation is 1. The number of pyridine rings is 2. The van der Waals surface area contributed by atoms with Crippen LogP contribution in [0, 0.1) is 29.5 Å². The Morgan fingerprint density at radius 2 is 1.94 bits per heavy atom. The van der Waals surface area contributed by atoms with Crippen molar-refractivity contribution in [1.82, 2.24) is 19.9 Å². The number of nitrogens with two attached hydrogens (primary N) is 2. The third-order valence-corrected chi connectivity index (χ3v) is 8.86. The molecule has 0 bridgehead atoms. The fourth-order valence-corrected chi connectivity index (χ4v) is 6.34. The molecular weight excluding hydrogens is 644 g/mol. The van der Waals surface area contributed by atoms with Crippen molar-refractivity contribution in [3.63, 3.8) is 0 Å². The molecule has 16 heteroatoms. The van der Waals surface area contributed by atoms with Crippen LogP contribution in [0.25, 0.3) is 22.2 Å². The standard InChI is InChI=1S/C31H29ClF4N8O3/c1-15-12-18(38)41-24(21(15)31(34,35)36)19-22(32)26-20-25(23(19)33)42-29(47-14-30(13-37)5-9-45-10-6-30)43-28(20)44(8-11-46-26)16(2)17-4-3-7-40-27(17)39/h3-4,7,12,16H,5-6,8-11,14H2,1-2H3,(H2,38,41)(H2,39,40)/t16-/m1/s1. The predicted octanol–water partition coefficient (Wildman–Crippen LogP) is 6.03. The molecule has 2 aliphatic rings. The van der Waals surface area contributed by atoms with Gasteiger partial charge in [-0.2, -0.15) is 28.4 Å². The Labute approximate surface area is 271 Å². The second-order valence-electron chi connectivity index (χ2n) is 11.5. The third-order valence-electron chi connectivity index (χ3n) is 8.50. The molecule has 6 rings (SSSR count). The summed E-state index contributed by atoms with van der Waals surface area (Å²) in [5.41, 5.74) is 8.35. The van der Waals surface area contributed by atoms with Crippen molar-refractivity contribution in [2.24, 2.45) is 5.41 Å². The smallest absolute Gasteiger partial charge is 0.418 e. The number of benzene rings is 1. The number of nitrogen functional groups attached to an aromatic ring is 2. The van der Waals surface area contributed by atoms with E-state index in [0.29, 0.717) is 31.6 Å². The number of nitrogens with zero attached hydrogens (tertiary/aromatic N) is 6. The normalized spacial score (nSPS) is 16.7. The zero-order valence-corrected chi connectivity index (χ0v) is 26.0. The predicted molar refractivity (Wildman–Crippen MR) is 165 cm³/mol. The minimum atomic E-state index is -4.93. The van der Waals surface area contributed by atoms with Crippen LogP contribution in [0.5, 0.6) is 11.8 Å². The van der Waals surface area contributed by atoms with Gasteiger partial charge in [0.1, 0.15) is 36.2 Å². The molecule has 0 aliphatic carbocycles. The lowest BCUT2D eigenvalue weighted by molar-refractivity contribution is -0.137. The molecule has 11 nitrogen and oxygen atoms in total. The summed E-state index contributed by atoms with van der Waals surface area (Å²) in [6.45, 7) is 3.74. The number of rotatable bonds is 6. The van der Waals surface area contributed by atoms with Gasteiger partial charge in [-0.3, -0.25) is 0 Å². The lowest BCUT2D eigenvalue weighted by Gasteiger charge is -2.31. The molecule has 1 fully saturated rings. The average Bonchev–Trinajstić information content (AvgIpc) is 3.22. The van der Waals surface area contributed by atoms with Gasteiger partial charge >= 0.3 is 12.2 Å². The topological polar surface area (TPSA) is 158 Å². The van der Waals surface area contributed by atoms with Gasteiger partial charge in [-0.25, -0.2) is 14.4 Å². The van der Waals surface area contributed by atoms with Crippen molar-refractivity contribution in [3.8, 4) is 29.1 Å². The fourth-order valence-electron chi connectivity index (χ4n) is 6.02. The monoisotopic (exact) mass is 672 g/mol. The van der Waals surface area contributed by atoms with E-state index in [1.807, 2.05) is 6.92 Å². The van der Waals surface area contributed by atoms with Crippen molar-refractivity contribution in [2.45, 2.75) is 38.9 Å². The SMILES string of the molecule is Cc1cc(N)nc(-c2c(Cl)c3c4c(nc(OCC5(C#N)CCOCC5)nc4c2F)N([C@H](C)c2cccnc2N)CCO3)c1C(F)(F)F. The summed E-state index contributed by atoms with van der Waals surface area (Å²) in [6, 6.07) is 6.02. The number of hydrogen-bond donors (Lipinski definition) is 2. The Morgan fingerprint density at radius 3 is 2.62 bits per heavy atom. The highest BCUT2D eigenvalue weighted by Crippen LogP contribution is 2.51. The summed E-state index contributed by atoms with van der Waals surface area (Å²) in [6.07, 6.45) is -2.61. The molecule has 246 valence electrons. The van der Waals surface area contributed by atoms with Crippen LogP contribution in [-0.4, -0.2) is 52.9 Å². The van der Waals surface area contributed by atoms with E-state index in [9.17, 15) is 18.4 Å². The van der Waals surface area contributed by atoms with Crippen molar-refractivity contribution in [2.75, 3.05) is 49.3 Å². The summed E-state index contributed by atoms with van der Waals surface area (Å²) in [5.74, 6) is -1.24. The fraction of sp³-hybridized carbons (Fsp3) is 0.387. The van der Waals surface area contributed by atoms with Crippen LogP contribution in [0.1, 0.15) is 42.5 Å². The van der Waals surface area contributed by atoms with Gasteiger partial charge in [0.15, 0.2) is 11.6 Å². The van der Waals surface area contributed by atoms with E-state index in [4.69, 9.17) is 37.3 Å². The number of aromatic nitrogens is 4. The molecule has 0 unspecified atom stereocenters.